The molecule has 0 fully saturated rings. The van der Waals surface area contributed by atoms with E-state index in [1.54, 1.807) is 0 Å². The van der Waals surface area contributed by atoms with Crippen LogP contribution in [0.4, 0.5) is 0 Å². The second-order valence-corrected chi connectivity index (χ2v) is 7.56. The molecule has 0 heterocycles. The molecule has 1 aliphatic carbocycles. The van der Waals surface area contributed by atoms with Crippen LogP contribution in [0.2, 0.25) is 0 Å². The molecule has 0 aromatic heterocycles. The summed E-state index contributed by atoms with van der Waals surface area (Å²) in [5, 5.41) is 8.49. The molecular weight excluding hydrogens is 517 g/mol. The van der Waals surface area contributed by atoms with Gasteiger partial charge in [0.05, 0.1) is 12.0 Å². The van der Waals surface area contributed by atoms with Crippen LogP contribution in [0.3, 0.4) is 0 Å². The Balaban J connectivity index is 0.000000737. The van der Waals surface area contributed by atoms with Gasteiger partial charge in [-0.05, 0) is 49.2 Å². The van der Waals surface area contributed by atoms with E-state index in [4.69, 9.17) is 28.1 Å². The first kappa shape index (κ1) is 32.5. The molecule has 0 bridgehead atoms. The third kappa shape index (κ3) is 14.0. The number of hydrogen-bond acceptors (Lipinski definition) is 4. The van der Waals surface area contributed by atoms with Crippen LogP contribution in [0.15, 0.2) is 115 Å². The molecule has 0 N–H and O–H groups in total. The van der Waals surface area contributed by atoms with Crippen molar-refractivity contribution in [2.75, 3.05) is 0 Å². The van der Waals surface area contributed by atoms with E-state index < -0.39 is 8.60 Å². The molecule has 0 spiro atoms. The van der Waals surface area contributed by atoms with Gasteiger partial charge in [0.15, 0.2) is 0 Å². The molecule has 3 aromatic carbocycles. The summed E-state index contributed by atoms with van der Waals surface area (Å²) in [5.74, 6) is 2.27. The molecule has 1 atom stereocenters. The van der Waals surface area contributed by atoms with Gasteiger partial charge in [-0.15, -0.1) is 0 Å². The largest absolute Gasteiger partial charge is 0.530 e. The first-order valence-electron chi connectivity index (χ1n) is 10.5. The third-order valence-electron chi connectivity index (χ3n) is 4.17. The Kier molecular flexibility index (Phi) is 19.8. The van der Waals surface area contributed by atoms with E-state index in [9.17, 15) is 0 Å². The third-order valence-corrected chi connectivity index (χ3v) is 5.25. The first-order valence-corrected chi connectivity index (χ1v) is 11.6. The summed E-state index contributed by atoms with van der Waals surface area (Å²) in [7, 11) is -1.59. The first-order chi connectivity index (χ1) is 17.3. The van der Waals surface area contributed by atoms with Crippen molar-refractivity contribution in [3.63, 3.8) is 0 Å². The summed E-state index contributed by atoms with van der Waals surface area (Å²) >= 11 is 0. The normalized spacial score (nSPS) is 12.6. The van der Waals surface area contributed by atoms with E-state index >= 15 is 0 Å². The van der Waals surface area contributed by atoms with Crippen molar-refractivity contribution in [2.24, 2.45) is 5.92 Å². The minimum Gasteiger partial charge on any atom is -0.409 e. The second kappa shape index (κ2) is 22.0. The summed E-state index contributed by atoms with van der Waals surface area (Å²) in [6.07, 6.45) is 9.99. The zero-order chi connectivity index (χ0) is 25.6. The molecule has 36 heavy (non-hydrogen) atoms. The molecule has 3 aromatic rings. The Morgan fingerprint density at radius 1 is 0.694 bits per heavy atom. The Bertz CT molecular complexity index is 979. The molecule has 0 amide bonds. The average Bonchev–Trinajstić information content (AvgIpc) is 3.22. The minimum atomic E-state index is -1.59. The Hall–Kier alpha value is -3.54. The summed E-state index contributed by atoms with van der Waals surface area (Å²) in [4.78, 5) is 0. The van der Waals surface area contributed by atoms with E-state index in [1.807, 2.05) is 109 Å². The molecule has 0 aliphatic heterocycles. The molecule has 0 saturated carbocycles. The summed E-state index contributed by atoms with van der Waals surface area (Å²) < 4.78 is 32.5. The van der Waals surface area contributed by atoms with Gasteiger partial charge in [-0.25, -0.2) is 0 Å². The van der Waals surface area contributed by atoms with Gasteiger partial charge in [-0.3, -0.25) is 0 Å². The van der Waals surface area contributed by atoms with Crippen molar-refractivity contribution >= 4 is 8.60 Å². The zero-order valence-electron chi connectivity index (χ0n) is 19.3. The van der Waals surface area contributed by atoms with Gasteiger partial charge < -0.3 is 13.6 Å². The van der Waals surface area contributed by atoms with Crippen molar-refractivity contribution in [3.05, 3.63) is 129 Å². The monoisotopic (exact) mass is 541 g/mol. The summed E-state index contributed by atoms with van der Waals surface area (Å²) in [6.45, 7) is 9.00. The molecule has 0 unspecified atom stereocenters. The fourth-order valence-corrected chi connectivity index (χ4v) is 3.60. The number of nitriles is 1. The van der Waals surface area contributed by atoms with E-state index in [0.717, 1.165) is 12.8 Å². The Morgan fingerprint density at radius 2 is 1.08 bits per heavy atom. The van der Waals surface area contributed by atoms with E-state index in [1.165, 1.54) is 0 Å². The second-order valence-electron chi connectivity index (χ2n) is 6.56. The van der Waals surface area contributed by atoms with Gasteiger partial charge in [0, 0.05) is 17.1 Å². The smallest absolute Gasteiger partial charge is 0.409 e. The van der Waals surface area contributed by atoms with Crippen LogP contribution in [0.25, 0.3) is 0 Å². The van der Waals surface area contributed by atoms with E-state index in [-0.39, 0.29) is 23.0 Å². The van der Waals surface area contributed by atoms with Crippen LogP contribution in [-0.2, 0) is 26.4 Å². The number of nitrogens with zero attached hydrogens (tertiary/aromatic N) is 1. The van der Waals surface area contributed by atoms with Crippen LogP contribution < -0.4 is 13.6 Å². The van der Waals surface area contributed by atoms with Crippen LogP contribution in [0.5, 0.6) is 17.2 Å². The van der Waals surface area contributed by atoms with Crippen molar-refractivity contribution in [1.82, 2.24) is 0 Å². The summed E-state index contributed by atoms with van der Waals surface area (Å²) in [5.41, 5.74) is 0. The number of rotatable bonds is 6. The maximum atomic E-state index is 8.49. The van der Waals surface area contributed by atoms with E-state index in [2.05, 4.69) is 25.4 Å². The van der Waals surface area contributed by atoms with Gasteiger partial charge in [0.2, 0.25) is 0 Å². The maximum Gasteiger partial charge on any atom is 0.530 e. The van der Waals surface area contributed by atoms with Gasteiger partial charge in [0.25, 0.3) is 0 Å². The van der Waals surface area contributed by atoms with Crippen molar-refractivity contribution < 1.29 is 39.9 Å². The number of para-hydroxylation sites is 3. The van der Waals surface area contributed by atoms with Crippen LogP contribution >= 0.6 is 8.60 Å². The Labute approximate surface area is 224 Å². The molecule has 0 radical (unpaired) electrons. The molecule has 0 saturated heterocycles. The van der Waals surface area contributed by atoms with Crippen LogP contribution in [0.1, 0.15) is 12.8 Å². The predicted molar refractivity (Wildman–Crippen MR) is 133 cm³/mol. The van der Waals surface area contributed by atoms with Crippen LogP contribution in [0, 0.1) is 30.5 Å². The zero-order valence-corrected chi connectivity index (χ0v) is 21.2. The van der Waals surface area contributed by atoms with Gasteiger partial charge >= 0.3 is 31.2 Å². The summed E-state index contributed by atoms with van der Waals surface area (Å²) in [6, 6.07) is 30.7. The quantitative estimate of drug-likeness (QED) is 0.141. The SMILES string of the molecule is N#C[C@H]1C=CC=CCC1.[C-]#[O+].[C-]#[O+].[Fe].c1ccc(OP(Oc2ccccc2)Oc2ccccc2)cc1. The van der Waals surface area contributed by atoms with Crippen molar-refractivity contribution in [2.45, 2.75) is 12.8 Å². The topological polar surface area (TPSA) is 91.3 Å². The van der Waals surface area contributed by atoms with Crippen molar-refractivity contribution in [3.8, 4) is 23.3 Å². The molecule has 4 rings (SSSR count). The molecular formula is C28H24FeNO5P. The van der Waals surface area contributed by atoms with Crippen LogP contribution in [-0.4, -0.2) is 0 Å². The fourth-order valence-electron chi connectivity index (χ4n) is 2.61. The minimum absolute atomic E-state index is 0. The van der Waals surface area contributed by atoms with Gasteiger partial charge in [-0.1, -0.05) is 78.9 Å². The predicted octanol–water partition coefficient (Wildman–Crippen LogP) is 7.41. The number of hydrogen-bond donors (Lipinski definition) is 0. The average molecular weight is 541 g/mol. The Morgan fingerprint density at radius 3 is 1.44 bits per heavy atom. The molecule has 6 nitrogen and oxygen atoms in total. The molecule has 184 valence electrons. The maximum absolute atomic E-state index is 8.49. The number of allylic oxidation sites excluding steroid dienone is 4. The van der Waals surface area contributed by atoms with Crippen molar-refractivity contribution in [1.29, 1.82) is 5.26 Å². The number of benzene rings is 3. The molecule has 1 aliphatic rings. The van der Waals surface area contributed by atoms with E-state index in [0.29, 0.717) is 17.2 Å². The van der Waals surface area contributed by atoms with Gasteiger partial charge in [-0.2, -0.15) is 5.26 Å². The molecule has 8 heteroatoms. The fraction of sp³-hybridized carbons (Fsp3) is 0.107. The van der Waals surface area contributed by atoms with Gasteiger partial charge in [0.1, 0.15) is 17.2 Å². The standard InChI is InChI=1S/C18H15O3P.C8H9N.2CO.Fe/c1-4-10-16(11-5-1)19-22(20-17-12-6-2-7-13-17)21-18-14-8-3-9-15-18;9-7-8-5-3-1-2-4-6-8;2*1-2;/h1-15H;1-3,5,8H,4,6H2;;;/t;8-;;;/m.0.../s1.